The Labute approximate surface area is 210 Å². The molecule has 0 radical (unpaired) electrons. The second kappa shape index (κ2) is 11.0. The molecule has 0 N–H and O–H groups in total. The fourth-order valence-corrected chi connectivity index (χ4v) is 4.32. The fraction of sp³-hybridized carbons (Fsp3) is 0.241. The van der Waals surface area contributed by atoms with Crippen LogP contribution in [-0.2, 0) is 6.54 Å². The van der Waals surface area contributed by atoms with Crippen molar-refractivity contribution in [2.45, 2.75) is 25.8 Å². The molecule has 1 aliphatic heterocycles. The minimum Gasteiger partial charge on any atom is -0.495 e. The average Bonchev–Trinajstić information content (AvgIpc) is 3.46. The Hall–Kier alpha value is -4.26. The highest BCUT2D eigenvalue weighted by Gasteiger charge is 2.21. The highest BCUT2D eigenvalue weighted by Crippen LogP contribution is 2.33. The Morgan fingerprint density at radius 2 is 1.78 bits per heavy atom. The number of carbonyl (C=O) groups excluding carboxylic acids is 1. The molecule has 0 saturated heterocycles. The third kappa shape index (κ3) is 5.20. The highest BCUT2D eigenvalue weighted by atomic mass is 16.5. The van der Waals surface area contributed by atoms with Crippen LogP contribution in [0.4, 0.5) is 0 Å². The number of para-hydroxylation sites is 2. The summed E-state index contributed by atoms with van der Waals surface area (Å²) in [5, 5.41) is 0. The minimum absolute atomic E-state index is 0.0487. The number of rotatable bonds is 3. The van der Waals surface area contributed by atoms with Gasteiger partial charge in [-0.2, -0.15) is 0 Å². The normalized spacial score (nSPS) is 14.1. The summed E-state index contributed by atoms with van der Waals surface area (Å²) in [6.07, 6.45) is 8.27. The summed E-state index contributed by atoms with van der Waals surface area (Å²) in [6.45, 7) is 1.59. The standard InChI is InChI=1S/C29H29N3O4/c1-34-25-14-13-22(20-24(25)31-16-6-7-17-31)29(33)32-18-5-2-8-19-35-26-11-3-4-12-27(26)36-28-23(21-32)10-9-15-30-28/h3-4,6-7,9-17,20H,2,5,8,18-19,21H2,1H3. The summed E-state index contributed by atoms with van der Waals surface area (Å²) < 4.78 is 19.7. The zero-order valence-corrected chi connectivity index (χ0v) is 20.3. The minimum atomic E-state index is -0.0487. The van der Waals surface area contributed by atoms with Gasteiger partial charge in [-0.05, 0) is 67.8 Å². The van der Waals surface area contributed by atoms with Crippen molar-refractivity contribution in [2.75, 3.05) is 20.3 Å². The first-order valence-corrected chi connectivity index (χ1v) is 12.2. The summed E-state index contributed by atoms with van der Waals surface area (Å²) in [7, 11) is 1.63. The summed E-state index contributed by atoms with van der Waals surface area (Å²) in [6, 6.07) is 20.9. The molecule has 1 amide bonds. The van der Waals surface area contributed by atoms with Crippen molar-refractivity contribution in [3.05, 3.63) is 96.4 Å². The van der Waals surface area contributed by atoms with Gasteiger partial charge < -0.3 is 23.7 Å². The Balaban J connectivity index is 1.47. The lowest BCUT2D eigenvalue weighted by Gasteiger charge is -2.24. The van der Waals surface area contributed by atoms with Crippen LogP contribution < -0.4 is 14.2 Å². The molecule has 0 unspecified atom stereocenters. The number of amides is 1. The maximum absolute atomic E-state index is 13.8. The van der Waals surface area contributed by atoms with Gasteiger partial charge in [0.25, 0.3) is 5.91 Å². The number of methoxy groups -OCH3 is 1. The van der Waals surface area contributed by atoms with E-state index < -0.39 is 0 Å². The first kappa shape index (κ1) is 23.5. The first-order chi connectivity index (χ1) is 17.7. The van der Waals surface area contributed by atoms with Gasteiger partial charge in [-0.3, -0.25) is 4.79 Å². The van der Waals surface area contributed by atoms with Crippen molar-refractivity contribution in [1.29, 1.82) is 0 Å². The van der Waals surface area contributed by atoms with Gasteiger partial charge in [0, 0.05) is 36.3 Å². The van der Waals surface area contributed by atoms with Crippen molar-refractivity contribution < 1.29 is 19.0 Å². The predicted octanol–water partition coefficient (Wildman–Crippen LogP) is 5.88. The quantitative estimate of drug-likeness (QED) is 0.364. The van der Waals surface area contributed by atoms with E-state index in [2.05, 4.69) is 4.98 Å². The molecule has 1 aliphatic rings. The molecule has 5 rings (SSSR count). The van der Waals surface area contributed by atoms with Gasteiger partial charge in [-0.25, -0.2) is 4.98 Å². The van der Waals surface area contributed by atoms with Gasteiger partial charge in [0.05, 0.1) is 25.9 Å². The number of fused-ring (bicyclic) bond motifs is 2. The van der Waals surface area contributed by atoms with Crippen LogP contribution in [0.15, 0.2) is 85.3 Å². The van der Waals surface area contributed by atoms with Crippen LogP contribution in [0.1, 0.15) is 35.2 Å². The van der Waals surface area contributed by atoms with Gasteiger partial charge in [-0.15, -0.1) is 0 Å². The number of nitrogens with zero attached hydrogens (tertiary/aromatic N) is 3. The lowest BCUT2D eigenvalue weighted by Crippen LogP contribution is -2.32. The van der Waals surface area contributed by atoms with E-state index in [1.165, 1.54) is 0 Å². The molecule has 3 heterocycles. The van der Waals surface area contributed by atoms with Crippen LogP contribution in [0.3, 0.4) is 0 Å². The van der Waals surface area contributed by atoms with Crippen molar-refractivity contribution in [2.24, 2.45) is 0 Å². The van der Waals surface area contributed by atoms with Gasteiger partial charge >= 0.3 is 0 Å². The fourth-order valence-electron chi connectivity index (χ4n) is 4.32. The predicted molar refractivity (Wildman–Crippen MR) is 137 cm³/mol. The maximum Gasteiger partial charge on any atom is 0.254 e. The molecule has 0 bridgehead atoms. The van der Waals surface area contributed by atoms with Crippen LogP contribution in [0.5, 0.6) is 23.1 Å². The number of hydrogen-bond acceptors (Lipinski definition) is 5. The first-order valence-electron chi connectivity index (χ1n) is 12.2. The molecule has 7 heteroatoms. The van der Waals surface area contributed by atoms with Crippen molar-refractivity contribution in [3.8, 4) is 28.8 Å². The lowest BCUT2D eigenvalue weighted by atomic mass is 10.1. The van der Waals surface area contributed by atoms with E-state index in [-0.39, 0.29) is 5.91 Å². The second-order valence-electron chi connectivity index (χ2n) is 8.63. The average molecular weight is 484 g/mol. The van der Waals surface area contributed by atoms with Crippen molar-refractivity contribution >= 4 is 5.91 Å². The van der Waals surface area contributed by atoms with Crippen molar-refractivity contribution in [1.82, 2.24) is 14.5 Å². The molecule has 0 saturated carbocycles. The van der Waals surface area contributed by atoms with Gasteiger partial charge in [0.15, 0.2) is 11.5 Å². The monoisotopic (exact) mass is 483 g/mol. The largest absolute Gasteiger partial charge is 0.495 e. The van der Waals surface area contributed by atoms with E-state index in [0.717, 1.165) is 30.5 Å². The Bertz CT molecular complexity index is 1320. The molecule has 0 fully saturated rings. The van der Waals surface area contributed by atoms with Gasteiger partial charge in [0.2, 0.25) is 5.88 Å². The lowest BCUT2D eigenvalue weighted by molar-refractivity contribution is 0.0738. The van der Waals surface area contributed by atoms with Crippen molar-refractivity contribution in [3.63, 3.8) is 0 Å². The number of ether oxygens (including phenoxy) is 3. The number of pyridine rings is 1. The molecule has 0 aliphatic carbocycles. The molecule has 4 aromatic rings. The Morgan fingerprint density at radius 3 is 2.61 bits per heavy atom. The molecular formula is C29H29N3O4. The summed E-state index contributed by atoms with van der Waals surface area (Å²) in [5.41, 5.74) is 2.25. The van der Waals surface area contributed by atoms with Crippen LogP contribution in [0.25, 0.3) is 5.69 Å². The van der Waals surface area contributed by atoms with Gasteiger partial charge in [-0.1, -0.05) is 18.2 Å². The van der Waals surface area contributed by atoms with Crippen LogP contribution in [0, 0.1) is 0 Å². The van der Waals surface area contributed by atoms with E-state index in [1.54, 1.807) is 13.3 Å². The zero-order chi connectivity index (χ0) is 24.7. The molecule has 7 nitrogen and oxygen atoms in total. The molecule has 0 spiro atoms. The third-order valence-electron chi connectivity index (χ3n) is 6.19. The Kier molecular flexibility index (Phi) is 7.17. The highest BCUT2D eigenvalue weighted by molar-refractivity contribution is 5.95. The molecule has 184 valence electrons. The van der Waals surface area contributed by atoms with E-state index >= 15 is 0 Å². The van der Waals surface area contributed by atoms with Crippen LogP contribution in [0.2, 0.25) is 0 Å². The van der Waals surface area contributed by atoms with E-state index in [4.69, 9.17) is 14.2 Å². The van der Waals surface area contributed by atoms with Gasteiger partial charge in [0.1, 0.15) is 5.75 Å². The maximum atomic E-state index is 13.8. The smallest absolute Gasteiger partial charge is 0.254 e. The molecule has 2 aromatic heterocycles. The number of carbonyl (C=O) groups is 1. The van der Waals surface area contributed by atoms with Crippen LogP contribution in [-0.4, -0.2) is 40.6 Å². The summed E-state index contributed by atoms with van der Waals surface area (Å²) >= 11 is 0. The number of aromatic nitrogens is 2. The third-order valence-corrected chi connectivity index (χ3v) is 6.19. The van der Waals surface area contributed by atoms with Crippen LogP contribution >= 0.6 is 0 Å². The molecular weight excluding hydrogens is 454 g/mol. The molecule has 36 heavy (non-hydrogen) atoms. The Morgan fingerprint density at radius 1 is 0.944 bits per heavy atom. The summed E-state index contributed by atoms with van der Waals surface area (Å²) in [5.74, 6) is 2.42. The number of hydrogen-bond donors (Lipinski definition) is 0. The summed E-state index contributed by atoms with van der Waals surface area (Å²) in [4.78, 5) is 20.1. The van der Waals surface area contributed by atoms with E-state index in [9.17, 15) is 4.79 Å². The van der Waals surface area contributed by atoms with E-state index in [0.29, 0.717) is 48.4 Å². The van der Waals surface area contributed by atoms with E-state index in [1.807, 2.05) is 88.6 Å². The number of benzene rings is 2. The second-order valence-corrected chi connectivity index (χ2v) is 8.63. The zero-order valence-electron chi connectivity index (χ0n) is 20.3. The molecule has 0 atom stereocenters. The topological polar surface area (TPSA) is 65.8 Å². The SMILES string of the molecule is COc1ccc(C(=O)N2CCCCCOc3ccccc3Oc3ncccc3C2)cc1-n1cccc1. The molecule has 2 aromatic carbocycles.